The number of sulfonamides is 1. The highest BCUT2D eigenvalue weighted by Crippen LogP contribution is 2.27. The number of hydrogen-bond donors (Lipinski definition) is 1. The SMILES string of the molecule is CC(c1ccc(S(N)(=O)=O)cc1)N(C)C(=O)c1ccc(-c2ccccc2F)o1. The second-order valence-electron chi connectivity index (χ2n) is 6.35. The van der Waals surface area contributed by atoms with Gasteiger partial charge >= 0.3 is 0 Å². The molecule has 1 unspecified atom stereocenters. The van der Waals surface area contributed by atoms with Gasteiger partial charge in [-0.15, -0.1) is 0 Å². The average Bonchev–Trinajstić information content (AvgIpc) is 3.16. The summed E-state index contributed by atoms with van der Waals surface area (Å²) in [5, 5.41) is 5.10. The number of carbonyl (C=O) groups excluding carboxylic acids is 1. The monoisotopic (exact) mass is 402 g/mol. The van der Waals surface area contributed by atoms with E-state index < -0.39 is 15.8 Å². The highest BCUT2D eigenvalue weighted by molar-refractivity contribution is 7.89. The molecule has 0 saturated heterocycles. The molecule has 6 nitrogen and oxygen atoms in total. The topological polar surface area (TPSA) is 93.6 Å². The Morgan fingerprint density at radius 2 is 1.71 bits per heavy atom. The summed E-state index contributed by atoms with van der Waals surface area (Å²) < 4.78 is 42.2. The normalized spacial score (nSPS) is 12.6. The van der Waals surface area contributed by atoms with Gasteiger partial charge in [0.15, 0.2) is 5.76 Å². The second kappa shape index (κ2) is 7.57. The minimum atomic E-state index is -3.78. The molecule has 0 saturated carbocycles. The highest BCUT2D eigenvalue weighted by atomic mass is 32.2. The van der Waals surface area contributed by atoms with Crippen LogP contribution in [0.3, 0.4) is 0 Å². The van der Waals surface area contributed by atoms with Crippen molar-refractivity contribution in [3.63, 3.8) is 0 Å². The van der Waals surface area contributed by atoms with Crippen LogP contribution in [0.1, 0.15) is 29.1 Å². The minimum Gasteiger partial charge on any atom is -0.451 e. The Hall–Kier alpha value is -2.97. The van der Waals surface area contributed by atoms with Crippen LogP contribution < -0.4 is 5.14 Å². The second-order valence-corrected chi connectivity index (χ2v) is 7.91. The zero-order valence-electron chi connectivity index (χ0n) is 15.3. The first-order valence-corrected chi connectivity index (χ1v) is 9.98. The van der Waals surface area contributed by atoms with Gasteiger partial charge in [-0.25, -0.2) is 17.9 Å². The summed E-state index contributed by atoms with van der Waals surface area (Å²) in [6.45, 7) is 1.80. The molecule has 1 heterocycles. The summed E-state index contributed by atoms with van der Waals surface area (Å²) >= 11 is 0. The summed E-state index contributed by atoms with van der Waals surface area (Å²) in [4.78, 5) is 14.2. The van der Waals surface area contributed by atoms with Gasteiger partial charge in [-0.1, -0.05) is 24.3 Å². The molecule has 0 aliphatic rings. The fourth-order valence-corrected chi connectivity index (χ4v) is 3.28. The summed E-state index contributed by atoms with van der Waals surface area (Å²) in [6, 6.07) is 14.8. The third-order valence-electron chi connectivity index (χ3n) is 4.55. The number of furan rings is 1. The molecule has 0 radical (unpaired) electrons. The number of nitrogens with zero attached hydrogens (tertiary/aromatic N) is 1. The predicted octanol–water partition coefficient (Wildman–Crippen LogP) is 3.57. The van der Waals surface area contributed by atoms with E-state index in [0.29, 0.717) is 0 Å². The van der Waals surface area contributed by atoms with Gasteiger partial charge in [0.2, 0.25) is 10.0 Å². The van der Waals surface area contributed by atoms with Gasteiger partial charge in [0.05, 0.1) is 16.5 Å². The number of carbonyl (C=O) groups is 1. The number of benzene rings is 2. The maximum Gasteiger partial charge on any atom is 0.289 e. The van der Waals surface area contributed by atoms with Gasteiger partial charge in [0, 0.05) is 7.05 Å². The summed E-state index contributed by atoms with van der Waals surface area (Å²) in [5.74, 6) is -0.480. The largest absolute Gasteiger partial charge is 0.451 e. The van der Waals surface area contributed by atoms with E-state index in [9.17, 15) is 17.6 Å². The van der Waals surface area contributed by atoms with Crippen molar-refractivity contribution in [2.45, 2.75) is 17.9 Å². The number of amides is 1. The van der Waals surface area contributed by atoms with Gasteiger partial charge in [-0.05, 0) is 48.9 Å². The number of nitrogens with two attached hydrogens (primary N) is 1. The first-order valence-electron chi connectivity index (χ1n) is 8.43. The minimum absolute atomic E-state index is 0.00186. The lowest BCUT2D eigenvalue weighted by Gasteiger charge is -2.24. The van der Waals surface area contributed by atoms with E-state index in [4.69, 9.17) is 9.56 Å². The van der Waals surface area contributed by atoms with Crippen LogP contribution in [0.4, 0.5) is 4.39 Å². The first kappa shape index (κ1) is 19.8. The fraction of sp³-hybridized carbons (Fsp3) is 0.150. The number of rotatable bonds is 5. The molecule has 2 aromatic carbocycles. The van der Waals surface area contributed by atoms with Crippen molar-refractivity contribution in [1.29, 1.82) is 0 Å². The van der Waals surface area contributed by atoms with E-state index in [0.717, 1.165) is 5.56 Å². The molecule has 0 bridgehead atoms. The summed E-state index contributed by atoms with van der Waals surface area (Å²) in [6.07, 6.45) is 0. The maximum atomic E-state index is 13.9. The smallest absolute Gasteiger partial charge is 0.289 e. The Bertz CT molecular complexity index is 1110. The Morgan fingerprint density at radius 1 is 1.07 bits per heavy atom. The van der Waals surface area contributed by atoms with Gasteiger partial charge in [0.25, 0.3) is 5.91 Å². The zero-order valence-corrected chi connectivity index (χ0v) is 16.1. The van der Waals surface area contributed by atoms with Gasteiger partial charge in [-0.2, -0.15) is 0 Å². The maximum absolute atomic E-state index is 13.9. The van der Waals surface area contributed by atoms with Gasteiger partial charge in [0.1, 0.15) is 11.6 Å². The molecule has 2 N–H and O–H groups in total. The van der Waals surface area contributed by atoms with E-state index in [1.165, 1.54) is 29.2 Å². The molecule has 3 aromatic rings. The number of primary sulfonamides is 1. The molecular formula is C20H19FN2O4S. The molecule has 8 heteroatoms. The Morgan fingerprint density at radius 3 is 2.32 bits per heavy atom. The average molecular weight is 402 g/mol. The van der Waals surface area contributed by atoms with E-state index in [-0.39, 0.29) is 33.9 Å². The van der Waals surface area contributed by atoms with Crippen LogP contribution in [0, 0.1) is 5.82 Å². The van der Waals surface area contributed by atoms with E-state index in [2.05, 4.69) is 0 Å². The van der Waals surface area contributed by atoms with Gasteiger partial charge in [-0.3, -0.25) is 4.79 Å². The third kappa shape index (κ3) is 3.97. The van der Waals surface area contributed by atoms with Crippen molar-refractivity contribution in [3.8, 4) is 11.3 Å². The predicted molar refractivity (Wildman–Crippen MR) is 102 cm³/mol. The Kier molecular flexibility index (Phi) is 5.35. The lowest BCUT2D eigenvalue weighted by Crippen LogP contribution is -2.29. The fourth-order valence-electron chi connectivity index (χ4n) is 2.77. The van der Waals surface area contributed by atoms with Crippen molar-refractivity contribution >= 4 is 15.9 Å². The van der Waals surface area contributed by atoms with Crippen molar-refractivity contribution < 1.29 is 22.0 Å². The summed E-state index contributed by atoms with van der Waals surface area (Å²) in [5.41, 5.74) is 1.000. The standard InChI is InChI=1S/C20H19FN2O4S/c1-13(14-7-9-15(10-8-14)28(22,25)26)23(2)20(24)19-12-11-18(27-19)16-5-3-4-6-17(16)21/h3-13H,1-2H3,(H2,22,25,26). The van der Waals surface area contributed by atoms with Gasteiger partial charge < -0.3 is 9.32 Å². The van der Waals surface area contributed by atoms with E-state index >= 15 is 0 Å². The van der Waals surface area contributed by atoms with Crippen LogP contribution in [0.15, 0.2) is 70.0 Å². The lowest BCUT2D eigenvalue weighted by atomic mass is 10.1. The van der Waals surface area contributed by atoms with E-state index in [1.54, 1.807) is 50.4 Å². The molecule has 28 heavy (non-hydrogen) atoms. The molecule has 146 valence electrons. The first-order chi connectivity index (χ1) is 13.2. The van der Waals surface area contributed by atoms with Crippen LogP contribution in [-0.4, -0.2) is 26.3 Å². The molecule has 1 atom stereocenters. The van der Waals surface area contributed by atoms with Crippen molar-refractivity contribution in [3.05, 3.63) is 77.8 Å². The number of hydrogen-bond acceptors (Lipinski definition) is 4. The zero-order chi connectivity index (χ0) is 20.5. The molecule has 0 aliphatic carbocycles. The molecule has 3 rings (SSSR count). The van der Waals surface area contributed by atoms with Crippen LogP contribution in [0.25, 0.3) is 11.3 Å². The molecular weight excluding hydrogens is 383 g/mol. The molecule has 0 aliphatic heterocycles. The molecule has 1 aromatic heterocycles. The molecule has 0 fully saturated rings. The van der Waals surface area contributed by atoms with Crippen molar-refractivity contribution in [2.75, 3.05) is 7.05 Å². The lowest BCUT2D eigenvalue weighted by molar-refractivity contribution is 0.0711. The van der Waals surface area contributed by atoms with E-state index in [1.807, 2.05) is 0 Å². The van der Waals surface area contributed by atoms with Crippen molar-refractivity contribution in [1.82, 2.24) is 4.90 Å². The van der Waals surface area contributed by atoms with Crippen LogP contribution in [0.5, 0.6) is 0 Å². The van der Waals surface area contributed by atoms with Crippen LogP contribution in [0.2, 0.25) is 0 Å². The number of halogens is 1. The summed E-state index contributed by atoms with van der Waals surface area (Å²) in [7, 11) is -2.18. The highest BCUT2D eigenvalue weighted by Gasteiger charge is 2.23. The Balaban J connectivity index is 1.80. The third-order valence-corrected chi connectivity index (χ3v) is 5.48. The molecule has 1 amide bonds. The van der Waals surface area contributed by atoms with Crippen LogP contribution >= 0.6 is 0 Å². The Labute approximate surface area is 162 Å². The molecule has 0 spiro atoms. The quantitative estimate of drug-likeness (QED) is 0.706. The van der Waals surface area contributed by atoms with Crippen LogP contribution in [-0.2, 0) is 10.0 Å². The van der Waals surface area contributed by atoms with Crippen molar-refractivity contribution in [2.24, 2.45) is 5.14 Å².